The molecule has 0 atom stereocenters. The van der Waals surface area contributed by atoms with Crippen molar-refractivity contribution in [2.45, 2.75) is 6.92 Å². The molecule has 1 aromatic rings. The summed E-state index contributed by atoms with van der Waals surface area (Å²) in [5.74, 6) is 0. The molecule has 0 aliphatic rings. The highest BCUT2D eigenvalue weighted by Gasteiger charge is 1.88. The maximum absolute atomic E-state index is 3.80. The van der Waals surface area contributed by atoms with Crippen molar-refractivity contribution in [3.05, 3.63) is 29.0 Å². The maximum Gasteiger partial charge on any atom is -0.00183 e. The quantitative estimate of drug-likeness (QED) is 0.540. The Kier molecular flexibility index (Phi) is 1.49. The lowest BCUT2D eigenvalue weighted by Crippen LogP contribution is -1.65. The largest absolute Gasteiger partial charge is 0.152 e. The zero-order valence-electron chi connectivity index (χ0n) is 4.85. The van der Waals surface area contributed by atoms with Crippen molar-refractivity contribution in [3.8, 4) is 0 Å². The normalized spacial score (nSPS) is 9.12. The number of hydrogen-bond acceptors (Lipinski definition) is 1. The molecular formula is C7H8S. The van der Waals surface area contributed by atoms with Crippen molar-refractivity contribution in [2.24, 2.45) is 0 Å². The topological polar surface area (TPSA) is 0 Å². The second kappa shape index (κ2) is 2.14. The molecule has 0 aliphatic carbocycles. The van der Waals surface area contributed by atoms with E-state index in [0.717, 1.165) is 5.57 Å². The lowest BCUT2D eigenvalue weighted by Gasteiger charge is -1.87. The first kappa shape index (κ1) is 5.57. The van der Waals surface area contributed by atoms with Gasteiger partial charge in [-0.2, -0.15) is 11.3 Å². The molecule has 0 bridgehead atoms. The Labute approximate surface area is 53.5 Å². The Morgan fingerprint density at radius 2 is 2.50 bits per heavy atom. The molecule has 0 fully saturated rings. The van der Waals surface area contributed by atoms with E-state index in [9.17, 15) is 0 Å². The minimum atomic E-state index is 1.14. The van der Waals surface area contributed by atoms with Gasteiger partial charge in [0.05, 0.1) is 0 Å². The van der Waals surface area contributed by atoms with E-state index in [4.69, 9.17) is 0 Å². The molecule has 0 nitrogen and oxygen atoms in total. The van der Waals surface area contributed by atoms with Crippen molar-refractivity contribution >= 4 is 16.9 Å². The average molecular weight is 124 g/mol. The van der Waals surface area contributed by atoms with E-state index in [2.05, 4.69) is 23.4 Å². The van der Waals surface area contributed by atoms with Gasteiger partial charge in [0.2, 0.25) is 0 Å². The Balaban J connectivity index is 2.93. The molecule has 8 heavy (non-hydrogen) atoms. The Morgan fingerprint density at radius 3 is 2.75 bits per heavy atom. The third-order valence-corrected chi connectivity index (χ3v) is 1.70. The molecule has 1 rings (SSSR count). The summed E-state index contributed by atoms with van der Waals surface area (Å²) in [6.07, 6.45) is 0. The molecule has 1 heteroatoms. The zero-order chi connectivity index (χ0) is 5.98. The van der Waals surface area contributed by atoms with Crippen LogP contribution >= 0.6 is 11.3 Å². The average Bonchev–Trinajstić information content (AvgIpc) is 2.12. The van der Waals surface area contributed by atoms with Crippen LogP contribution in [0.2, 0.25) is 0 Å². The fraction of sp³-hybridized carbons (Fsp3) is 0.143. The van der Waals surface area contributed by atoms with Gasteiger partial charge in [-0.05, 0) is 29.3 Å². The van der Waals surface area contributed by atoms with Crippen LogP contribution in [0.1, 0.15) is 12.5 Å². The van der Waals surface area contributed by atoms with Crippen LogP contribution in [-0.4, -0.2) is 0 Å². The summed E-state index contributed by atoms with van der Waals surface area (Å²) in [5, 5.41) is 4.16. The molecular weight excluding hydrogens is 116 g/mol. The SMILES string of the molecule is C=C(C)c1ccsc1. The van der Waals surface area contributed by atoms with E-state index in [1.807, 2.05) is 6.92 Å². The predicted molar refractivity (Wildman–Crippen MR) is 39.0 cm³/mol. The van der Waals surface area contributed by atoms with Crippen LogP contribution in [0.4, 0.5) is 0 Å². The van der Waals surface area contributed by atoms with E-state index < -0.39 is 0 Å². The summed E-state index contributed by atoms with van der Waals surface area (Å²) in [7, 11) is 0. The number of rotatable bonds is 1. The molecule has 0 N–H and O–H groups in total. The van der Waals surface area contributed by atoms with Crippen LogP contribution in [-0.2, 0) is 0 Å². The monoisotopic (exact) mass is 124 g/mol. The molecule has 0 unspecified atom stereocenters. The second-order valence-corrected chi connectivity index (χ2v) is 2.57. The zero-order valence-corrected chi connectivity index (χ0v) is 5.66. The summed E-state index contributed by atoms with van der Waals surface area (Å²) in [6, 6.07) is 2.08. The fourth-order valence-electron chi connectivity index (χ4n) is 0.507. The van der Waals surface area contributed by atoms with Gasteiger partial charge in [-0.1, -0.05) is 12.2 Å². The Hall–Kier alpha value is -0.560. The standard InChI is InChI=1S/C7H8S/c1-6(2)7-3-4-8-5-7/h3-5H,1H2,2H3. The molecule has 0 radical (unpaired) electrons. The van der Waals surface area contributed by atoms with E-state index >= 15 is 0 Å². The van der Waals surface area contributed by atoms with Crippen LogP contribution < -0.4 is 0 Å². The predicted octanol–water partition coefficient (Wildman–Crippen LogP) is 2.78. The van der Waals surface area contributed by atoms with Gasteiger partial charge in [0, 0.05) is 0 Å². The van der Waals surface area contributed by atoms with Gasteiger partial charge >= 0.3 is 0 Å². The van der Waals surface area contributed by atoms with Gasteiger partial charge in [-0.15, -0.1) is 0 Å². The van der Waals surface area contributed by atoms with Gasteiger partial charge in [0.1, 0.15) is 0 Å². The van der Waals surface area contributed by atoms with Crippen molar-refractivity contribution in [1.29, 1.82) is 0 Å². The third kappa shape index (κ3) is 0.984. The minimum Gasteiger partial charge on any atom is -0.152 e. The molecule has 1 heterocycles. The van der Waals surface area contributed by atoms with Crippen LogP contribution in [0.5, 0.6) is 0 Å². The number of allylic oxidation sites excluding steroid dienone is 1. The molecule has 0 aromatic carbocycles. The summed E-state index contributed by atoms with van der Waals surface area (Å²) >= 11 is 1.71. The van der Waals surface area contributed by atoms with Gasteiger partial charge in [0.15, 0.2) is 0 Å². The highest BCUT2D eigenvalue weighted by molar-refractivity contribution is 7.08. The Morgan fingerprint density at radius 1 is 1.75 bits per heavy atom. The van der Waals surface area contributed by atoms with Crippen molar-refractivity contribution in [1.82, 2.24) is 0 Å². The van der Waals surface area contributed by atoms with Gasteiger partial charge in [0.25, 0.3) is 0 Å². The second-order valence-electron chi connectivity index (χ2n) is 1.79. The molecule has 0 amide bonds. The van der Waals surface area contributed by atoms with Crippen LogP contribution in [0.3, 0.4) is 0 Å². The van der Waals surface area contributed by atoms with Gasteiger partial charge in [-0.25, -0.2) is 0 Å². The number of thiophene rings is 1. The van der Waals surface area contributed by atoms with Crippen LogP contribution in [0.15, 0.2) is 23.4 Å². The Bertz CT molecular complexity index is 172. The van der Waals surface area contributed by atoms with Gasteiger partial charge < -0.3 is 0 Å². The van der Waals surface area contributed by atoms with E-state index in [1.165, 1.54) is 5.56 Å². The van der Waals surface area contributed by atoms with Crippen molar-refractivity contribution in [2.75, 3.05) is 0 Å². The maximum atomic E-state index is 3.80. The molecule has 0 saturated carbocycles. The smallest absolute Gasteiger partial charge is 0.00183 e. The number of hydrogen-bond donors (Lipinski definition) is 0. The molecule has 42 valence electrons. The lowest BCUT2D eigenvalue weighted by atomic mass is 10.2. The first-order chi connectivity index (χ1) is 3.80. The van der Waals surface area contributed by atoms with E-state index in [-0.39, 0.29) is 0 Å². The molecule has 0 aliphatic heterocycles. The van der Waals surface area contributed by atoms with Gasteiger partial charge in [-0.3, -0.25) is 0 Å². The minimum absolute atomic E-state index is 1.14. The highest BCUT2D eigenvalue weighted by atomic mass is 32.1. The van der Waals surface area contributed by atoms with Crippen LogP contribution in [0.25, 0.3) is 5.57 Å². The summed E-state index contributed by atoms with van der Waals surface area (Å²) in [6.45, 7) is 5.82. The van der Waals surface area contributed by atoms with Crippen molar-refractivity contribution < 1.29 is 0 Å². The van der Waals surface area contributed by atoms with E-state index in [0.29, 0.717) is 0 Å². The highest BCUT2D eigenvalue weighted by Crippen LogP contribution is 2.13. The molecule has 0 spiro atoms. The van der Waals surface area contributed by atoms with E-state index in [1.54, 1.807) is 11.3 Å². The summed E-state index contributed by atoms with van der Waals surface area (Å²) in [4.78, 5) is 0. The third-order valence-electron chi connectivity index (χ3n) is 1.01. The van der Waals surface area contributed by atoms with Crippen LogP contribution in [0, 0.1) is 0 Å². The first-order valence-electron chi connectivity index (χ1n) is 2.49. The van der Waals surface area contributed by atoms with Crippen molar-refractivity contribution in [3.63, 3.8) is 0 Å². The summed E-state index contributed by atoms with van der Waals surface area (Å²) < 4.78 is 0. The first-order valence-corrected chi connectivity index (χ1v) is 3.43. The summed E-state index contributed by atoms with van der Waals surface area (Å²) in [5.41, 5.74) is 2.40. The lowest BCUT2D eigenvalue weighted by molar-refractivity contribution is 1.69. The molecule has 0 saturated heterocycles. The fourth-order valence-corrected chi connectivity index (χ4v) is 1.24. The molecule has 1 aromatic heterocycles.